The predicted molar refractivity (Wildman–Crippen MR) is 133 cm³/mol. The maximum absolute atomic E-state index is 13.2. The molecular weight excluding hydrogens is 417 g/mol. The summed E-state index contributed by atoms with van der Waals surface area (Å²) < 4.78 is 13.2. The zero-order valence-corrected chi connectivity index (χ0v) is 20.2. The first-order valence-electron chi connectivity index (χ1n) is 11.7. The first-order chi connectivity index (χ1) is 15.7. The number of aryl methyl sites for hydroxylation is 1. The molecule has 0 radical (unpaired) electrons. The van der Waals surface area contributed by atoms with E-state index >= 15 is 0 Å². The fourth-order valence-corrected chi connectivity index (χ4v) is 3.66. The number of benzene rings is 2. The average Bonchev–Trinajstić information content (AvgIpc) is 2.75. The molecule has 0 aliphatic heterocycles. The van der Waals surface area contributed by atoms with Crippen LogP contribution in [0.3, 0.4) is 0 Å². The largest absolute Gasteiger partial charge is 0.508 e. The van der Waals surface area contributed by atoms with E-state index in [1.165, 1.54) is 29.8 Å². The standard InChI is InChI=1S/C28H36FNO3/c1-5-6-7-11-21-18-25(31)24(17-12-20(4)10-8-9-19(2)3)27(32)26(21)28(33)30-23-15-13-22(29)14-16-23/h9,12-16,18,31-32H,5-8,10-11,17H2,1-4H3,(H,30,33). The van der Waals surface area contributed by atoms with Crippen molar-refractivity contribution in [2.45, 2.75) is 72.6 Å². The summed E-state index contributed by atoms with van der Waals surface area (Å²) in [5.41, 5.74) is 3.96. The number of carbonyl (C=O) groups is 1. The molecule has 0 aliphatic rings. The van der Waals surface area contributed by atoms with Crippen molar-refractivity contribution in [3.05, 3.63) is 76.1 Å². The molecule has 0 fully saturated rings. The molecule has 2 aromatic carbocycles. The highest BCUT2D eigenvalue weighted by molar-refractivity contribution is 6.07. The molecule has 2 aromatic rings. The predicted octanol–water partition coefficient (Wildman–Crippen LogP) is 7.46. The van der Waals surface area contributed by atoms with Crippen LogP contribution in [0.5, 0.6) is 11.5 Å². The topological polar surface area (TPSA) is 69.6 Å². The van der Waals surface area contributed by atoms with E-state index < -0.39 is 11.7 Å². The summed E-state index contributed by atoms with van der Waals surface area (Å²) in [6.07, 6.45) is 9.71. The molecule has 5 heteroatoms. The van der Waals surface area contributed by atoms with Crippen LogP contribution in [0.4, 0.5) is 10.1 Å². The summed E-state index contributed by atoms with van der Waals surface area (Å²) in [7, 11) is 0. The third kappa shape index (κ3) is 8.08. The number of carbonyl (C=O) groups excluding carboxylic acids is 1. The van der Waals surface area contributed by atoms with E-state index in [1.54, 1.807) is 6.07 Å². The molecule has 33 heavy (non-hydrogen) atoms. The van der Waals surface area contributed by atoms with Gasteiger partial charge in [-0.2, -0.15) is 0 Å². The molecule has 0 saturated heterocycles. The molecule has 0 aromatic heterocycles. The molecule has 1 amide bonds. The summed E-state index contributed by atoms with van der Waals surface area (Å²) in [5.74, 6) is -1.08. The van der Waals surface area contributed by atoms with E-state index in [0.717, 1.165) is 37.7 Å². The molecule has 0 spiro atoms. The Balaban J connectivity index is 2.34. The number of hydrogen-bond donors (Lipinski definition) is 3. The lowest BCUT2D eigenvalue weighted by atomic mass is 9.94. The van der Waals surface area contributed by atoms with Gasteiger partial charge in [-0.25, -0.2) is 4.39 Å². The Morgan fingerprint density at radius 3 is 2.39 bits per heavy atom. The van der Waals surface area contributed by atoms with Crippen molar-refractivity contribution in [1.82, 2.24) is 0 Å². The summed E-state index contributed by atoms with van der Waals surface area (Å²) in [5, 5.41) is 24.4. The van der Waals surface area contributed by atoms with Crippen molar-refractivity contribution in [3.63, 3.8) is 0 Å². The minimum Gasteiger partial charge on any atom is -0.508 e. The van der Waals surface area contributed by atoms with E-state index in [4.69, 9.17) is 0 Å². The van der Waals surface area contributed by atoms with Crippen LogP contribution >= 0.6 is 0 Å². The zero-order chi connectivity index (χ0) is 24.4. The van der Waals surface area contributed by atoms with Gasteiger partial charge >= 0.3 is 0 Å². The quantitative estimate of drug-likeness (QED) is 0.244. The first kappa shape index (κ1) is 26.2. The van der Waals surface area contributed by atoms with E-state index in [0.29, 0.717) is 29.7 Å². The minimum atomic E-state index is -0.476. The Bertz CT molecular complexity index is 1000. The lowest BCUT2D eigenvalue weighted by Crippen LogP contribution is -2.15. The summed E-state index contributed by atoms with van der Waals surface area (Å²) in [6, 6.07) is 7.07. The highest BCUT2D eigenvalue weighted by atomic mass is 19.1. The number of unbranched alkanes of at least 4 members (excludes halogenated alkanes) is 2. The van der Waals surface area contributed by atoms with E-state index in [9.17, 15) is 19.4 Å². The number of halogens is 1. The average molecular weight is 454 g/mol. The van der Waals surface area contributed by atoms with Crippen LogP contribution in [0.2, 0.25) is 0 Å². The molecule has 4 nitrogen and oxygen atoms in total. The molecule has 0 atom stereocenters. The van der Waals surface area contributed by atoms with Crippen LogP contribution in [-0.2, 0) is 12.8 Å². The number of nitrogens with one attached hydrogen (secondary N) is 1. The number of phenolic OH excluding ortho intramolecular Hbond substituents is 2. The summed E-state index contributed by atoms with van der Waals surface area (Å²) in [6.45, 7) is 8.24. The fourth-order valence-electron chi connectivity index (χ4n) is 3.66. The Kier molecular flexibility index (Phi) is 10.2. The third-order valence-electron chi connectivity index (χ3n) is 5.59. The van der Waals surface area contributed by atoms with Gasteiger partial charge in [0.25, 0.3) is 5.91 Å². The van der Waals surface area contributed by atoms with E-state index in [-0.39, 0.29) is 17.1 Å². The fraction of sp³-hybridized carbons (Fsp3) is 0.393. The second kappa shape index (κ2) is 12.8. The molecule has 0 aliphatic carbocycles. The van der Waals surface area contributed by atoms with Crippen molar-refractivity contribution >= 4 is 11.6 Å². The SMILES string of the molecule is CCCCCc1cc(O)c(CC=C(C)CCC=C(C)C)c(O)c1C(=O)Nc1ccc(F)cc1. The van der Waals surface area contributed by atoms with Crippen LogP contribution in [0, 0.1) is 5.82 Å². The molecular formula is C28H36FNO3. The Hall–Kier alpha value is -3.08. The first-order valence-corrected chi connectivity index (χ1v) is 11.7. The molecule has 0 heterocycles. The number of anilines is 1. The van der Waals surface area contributed by atoms with Crippen molar-refractivity contribution in [1.29, 1.82) is 0 Å². The van der Waals surface area contributed by atoms with Gasteiger partial charge in [0, 0.05) is 11.3 Å². The minimum absolute atomic E-state index is 0.00863. The highest BCUT2D eigenvalue weighted by Crippen LogP contribution is 2.36. The maximum atomic E-state index is 13.2. The number of aromatic hydroxyl groups is 2. The normalized spacial score (nSPS) is 11.4. The summed E-state index contributed by atoms with van der Waals surface area (Å²) in [4.78, 5) is 13.1. The second-order valence-corrected chi connectivity index (χ2v) is 8.75. The van der Waals surface area contributed by atoms with Gasteiger partial charge in [-0.1, -0.05) is 43.1 Å². The van der Waals surface area contributed by atoms with Crippen LogP contribution in [-0.4, -0.2) is 16.1 Å². The Labute approximate surface area is 196 Å². The number of phenols is 2. The molecule has 3 N–H and O–H groups in total. The van der Waals surface area contributed by atoms with Gasteiger partial charge in [-0.3, -0.25) is 4.79 Å². The smallest absolute Gasteiger partial charge is 0.259 e. The monoisotopic (exact) mass is 453 g/mol. The van der Waals surface area contributed by atoms with Crippen molar-refractivity contribution in [2.75, 3.05) is 5.32 Å². The lowest BCUT2D eigenvalue weighted by molar-refractivity contribution is 0.102. The van der Waals surface area contributed by atoms with Crippen LogP contribution in [0.1, 0.15) is 81.3 Å². The third-order valence-corrected chi connectivity index (χ3v) is 5.59. The number of allylic oxidation sites excluding steroid dienone is 4. The maximum Gasteiger partial charge on any atom is 0.259 e. The van der Waals surface area contributed by atoms with Gasteiger partial charge in [0.15, 0.2) is 0 Å². The Morgan fingerprint density at radius 1 is 1.06 bits per heavy atom. The molecule has 0 unspecified atom stereocenters. The van der Waals surface area contributed by atoms with E-state index in [2.05, 4.69) is 32.2 Å². The van der Waals surface area contributed by atoms with E-state index in [1.807, 2.05) is 13.0 Å². The van der Waals surface area contributed by atoms with Crippen LogP contribution in [0.15, 0.2) is 53.6 Å². The molecule has 178 valence electrons. The molecule has 0 saturated carbocycles. The highest BCUT2D eigenvalue weighted by Gasteiger charge is 2.22. The van der Waals surface area contributed by atoms with Gasteiger partial charge in [-0.05, 0) is 88.8 Å². The van der Waals surface area contributed by atoms with Gasteiger partial charge in [0.1, 0.15) is 17.3 Å². The number of amides is 1. The van der Waals surface area contributed by atoms with Crippen molar-refractivity contribution in [3.8, 4) is 11.5 Å². The van der Waals surface area contributed by atoms with Gasteiger partial charge in [0.05, 0.1) is 5.56 Å². The van der Waals surface area contributed by atoms with Crippen molar-refractivity contribution in [2.24, 2.45) is 0 Å². The van der Waals surface area contributed by atoms with Gasteiger partial charge in [-0.15, -0.1) is 0 Å². The van der Waals surface area contributed by atoms with Gasteiger partial charge < -0.3 is 15.5 Å². The lowest BCUT2D eigenvalue weighted by Gasteiger charge is -2.16. The summed E-state index contributed by atoms with van der Waals surface area (Å²) >= 11 is 0. The van der Waals surface area contributed by atoms with Crippen molar-refractivity contribution < 1.29 is 19.4 Å². The number of rotatable bonds is 11. The van der Waals surface area contributed by atoms with Crippen LogP contribution in [0.25, 0.3) is 0 Å². The zero-order valence-electron chi connectivity index (χ0n) is 20.2. The number of hydrogen-bond acceptors (Lipinski definition) is 3. The van der Waals surface area contributed by atoms with Crippen LogP contribution < -0.4 is 5.32 Å². The molecule has 0 bridgehead atoms. The molecule has 2 rings (SSSR count). The second-order valence-electron chi connectivity index (χ2n) is 8.75. The Morgan fingerprint density at radius 2 is 1.76 bits per heavy atom. The van der Waals surface area contributed by atoms with Gasteiger partial charge in [0.2, 0.25) is 0 Å².